The summed E-state index contributed by atoms with van der Waals surface area (Å²) in [6.07, 6.45) is -1.78. The zero-order chi connectivity index (χ0) is 44.5. The van der Waals surface area contributed by atoms with Crippen molar-refractivity contribution in [3.8, 4) is 11.1 Å². The summed E-state index contributed by atoms with van der Waals surface area (Å²) in [7, 11) is -1.98. The Morgan fingerprint density at radius 3 is 2.06 bits per heavy atom. The maximum absolute atomic E-state index is 13.8. The number of benzene rings is 6. The van der Waals surface area contributed by atoms with Crippen LogP contribution in [0.5, 0.6) is 0 Å². The summed E-state index contributed by atoms with van der Waals surface area (Å²) < 4.78 is 43.1. The summed E-state index contributed by atoms with van der Waals surface area (Å²) in [6, 6.07) is 48.1. The second kappa shape index (κ2) is 20.8. The molecule has 1 aliphatic rings. The van der Waals surface area contributed by atoms with Gasteiger partial charge in [0.15, 0.2) is 6.29 Å². The summed E-state index contributed by atoms with van der Waals surface area (Å²) >= 11 is 0. The summed E-state index contributed by atoms with van der Waals surface area (Å²) in [4.78, 5) is 16.0. The van der Waals surface area contributed by atoms with Gasteiger partial charge < -0.3 is 25.0 Å². The zero-order valence-electron chi connectivity index (χ0n) is 36.2. The van der Waals surface area contributed by atoms with Crippen molar-refractivity contribution in [3.05, 3.63) is 197 Å². The fourth-order valence-corrected chi connectivity index (χ4v) is 9.19. The van der Waals surface area contributed by atoms with Crippen LogP contribution >= 0.6 is 0 Å². The van der Waals surface area contributed by atoms with Crippen LogP contribution < -0.4 is 10.0 Å². The Bertz CT molecular complexity index is 2520. The Balaban J connectivity index is 1.08. The molecule has 6 aromatic carbocycles. The van der Waals surface area contributed by atoms with Gasteiger partial charge in [0.2, 0.25) is 15.9 Å². The van der Waals surface area contributed by atoms with E-state index in [4.69, 9.17) is 9.47 Å². The molecule has 7 atom stereocenters. The van der Waals surface area contributed by atoms with Crippen molar-refractivity contribution in [2.24, 2.45) is 5.92 Å². The van der Waals surface area contributed by atoms with Gasteiger partial charge in [0, 0.05) is 30.6 Å². The molecular formula is C52H57N3O7S. The topological polar surface area (TPSA) is 137 Å². The molecule has 1 aliphatic heterocycles. The van der Waals surface area contributed by atoms with Crippen molar-refractivity contribution < 1.29 is 32.9 Å². The van der Waals surface area contributed by atoms with Crippen LogP contribution in [0.15, 0.2) is 163 Å². The van der Waals surface area contributed by atoms with Crippen molar-refractivity contribution in [2.45, 2.75) is 81.9 Å². The van der Waals surface area contributed by atoms with Crippen LogP contribution in [0.1, 0.15) is 71.3 Å². The average molecular weight is 868 g/mol. The van der Waals surface area contributed by atoms with Gasteiger partial charge in [-0.15, -0.1) is 0 Å². The Morgan fingerprint density at radius 2 is 1.38 bits per heavy atom. The first-order valence-electron chi connectivity index (χ1n) is 21.4. The van der Waals surface area contributed by atoms with Crippen LogP contribution in [-0.2, 0) is 43.9 Å². The first-order valence-corrected chi connectivity index (χ1v) is 22.9. The fourth-order valence-electron chi connectivity index (χ4n) is 8.00. The first-order chi connectivity index (χ1) is 30.4. The lowest BCUT2D eigenvalue weighted by atomic mass is 9.89. The number of rotatable bonds is 17. The molecule has 0 radical (unpaired) electrons. The lowest BCUT2D eigenvalue weighted by Gasteiger charge is -2.43. The summed E-state index contributed by atoms with van der Waals surface area (Å²) in [5.41, 5.74) is 7.94. The van der Waals surface area contributed by atoms with Crippen LogP contribution in [0.3, 0.4) is 0 Å². The number of sulfonamides is 1. The van der Waals surface area contributed by atoms with E-state index in [1.165, 1.54) is 12.1 Å². The highest BCUT2D eigenvalue weighted by Crippen LogP contribution is 2.42. The first kappa shape index (κ1) is 45.5. The van der Waals surface area contributed by atoms with E-state index >= 15 is 0 Å². The highest BCUT2D eigenvalue weighted by Gasteiger charge is 2.40. The van der Waals surface area contributed by atoms with Crippen molar-refractivity contribution >= 4 is 15.9 Å². The molecule has 4 N–H and O–H groups in total. The van der Waals surface area contributed by atoms with E-state index in [0.717, 1.165) is 50.1 Å². The van der Waals surface area contributed by atoms with Gasteiger partial charge in [-0.05, 0) is 90.5 Å². The number of ether oxygens (including phenoxy) is 2. The Morgan fingerprint density at radius 1 is 0.746 bits per heavy atom. The predicted molar refractivity (Wildman–Crippen MR) is 246 cm³/mol. The molecule has 1 amide bonds. The molecular weight excluding hydrogens is 811 g/mol. The van der Waals surface area contributed by atoms with Gasteiger partial charge in [-0.2, -0.15) is 4.72 Å². The Labute approximate surface area is 371 Å². The average Bonchev–Trinajstić information content (AvgIpc) is 3.31. The predicted octanol–water partition coefficient (Wildman–Crippen LogP) is 8.21. The number of carbonyl (C=O) groups excluding carboxylic acids is 1. The second-order valence-electron chi connectivity index (χ2n) is 16.6. The van der Waals surface area contributed by atoms with E-state index in [1.54, 1.807) is 12.1 Å². The molecule has 7 rings (SSSR count). The summed E-state index contributed by atoms with van der Waals surface area (Å²) in [6.45, 7) is 6.71. The van der Waals surface area contributed by atoms with E-state index < -0.39 is 34.4 Å². The number of aryl methyl sites for hydroxylation is 1. The van der Waals surface area contributed by atoms with Gasteiger partial charge >= 0.3 is 0 Å². The highest BCUT2D eigenvalue weighted by atomic mass is 32.2. The molecule has 1 fully saturated rings. The van der Waals surface area contributed by atoms with Crippen LogP contribution in [0.2, 0.25) is 0 Å². The molecule has 63 heavy (non-hydrogen) atoms. The number of nitrogens with one attached hydrogen (secondary N) is 2. The molecule has 328 valence electrons. The molecule has 6 aromatic rings. The maximum Gasteiger partial charge on any atom is 0.241 e. The summed E-state index contributed by atoms with van der Waals surface area (Å²) in [5, 5.41) is 24.0. The molecule has 0 unspecified atom stereocenters. The minimum Gasteiger partial charge on any atom is -0.392 e. The molecule has 0 aromatic heterocycles. The maximum atomic E-state index is 13.8. The lowest BCUT2D eigenvalue weighted by Crippen LogP contribution is -2.47. The quantitative estimate of drug-likeness (QED) is 0.0721. The molecule has 0 bridgehead atoms. The summed E-state index contributed by atoms with van der Waals surface area (Å²) in [5.74, 6) is -0.488. The number of hydrogen-bond acceptors (Lipinski definition) is 8. The van der Waals surface area contributed by atoms with Crippen LogP contribution in [0, 0.1) is 12.8 Å². The smallest absolute Gasteiger partial charge is 0.241 e. The minimum absolute atomic E-state index is 0.0483. The van der Waals surface area contributed by atoms with Crippen molar-refractivity contribution in [1.82, 2.24) is 14.9 Å². The molecule has 0 saturated carbocycles. The van der Waals surface area contributed by atoms with Gasteiger partial charge in [0.1, 0.15) is 6.04 Å². The third-order valence-electron chi connectivity index (χ3n) is 12.0. The van der Waals surface area contributed by atoms with Crippen LogP contribution in [0.4, 0.5) is 0 Å². The van der Waals surface area contributed by atoms with Crippen LogP contribution in [-0.4, -0.2) is 61.2 Å². The van der Waals surface area contributed by atoms with E-state index in [-0.39, 0.29) is 48.6 Å². The largest absolute Gasteiger partial charge is 0.392 e. The van der Waals surface area contributed by atoms with Crippen molar-refractivity contribution in [3.63, 3.8) is 0 Å². The highest BCUT2D eigenvalue weighted by molar-refractivity contribution is 7.89. The number of aliphatic hydroxyl groups excluding tert-OH is 2. The molecule has 10 nitrogen and oxygen atoms in total. The molecule has 0 spiro atoms. The number of carbonyl (C=O) groups is 1. The lowest BCUT2D eigenvalue weighted by molar-refractivity contribution is -0.276. The molecule has 1 heterocycles. The molecule has 0 aliphatic carbocycles. The minimum atomic E-state index is -3.99. The van der Waals surface area contributed by atoms with Crippen molar-refractivity contribution in [2.75, 3.05) is 13.6 Å². The number of nitrogens with zero attached hydrogens (tertiary/aromatic N) is 1. The van der Waals surface area contributed by atoms with E-state index in [9.17, 15) is 23.4 Å². The van der Waals surface area contributed by atoms with Gasteiger partial charge in [-0.1, -0.05) is 146 Å². The van der Waals surface area contributed by atoms with Gasteiger partial charge in [-0.25, -0.2) is 8.42 Å². The molecule has 11 heteroatoms. The SMILES string of the molecule is Cc1ccc(S(=O)(=O)N[C@H](Cc2ccccc2)C(=O)NCc2cccc(-c3cccc([C@@H]4O[C@H](CN(C)[C@@H](C)[C@H](O)c5ccccc5)[C@H](C)[C@H](c5ccc(CO)cc5)O4)c3)c2)cc1. The normalized spacial score (nSPS) is 19.3. The third-order valence-corrected chi connectivity index (χ3v) is 13.5. The number of aliphatic hydroxyl groups is 2. The monoisotopic (exact) mass is 867 g/mol. The van der Waals surface area contributed by atoms with E-state index in [2.05, 4.69) is 27.9 Å². The van der Waals surface area contributed by atoms with E-state index in [0.29, 0.717) is 6.54 Å². The van der Waals surface area contributed by atoms with Gasteiger partial charge in [0.25, 0.3) is 0 Å². The zero-order valence-corrected chi connectivity index (χ0v) is 37.0. The fraction of sp³-hybridized carbons (Fsp3) is 0.288. The Hall–Kier alpha value is -5.50. The van der Waals surface area contributed by atoms with Crippen LogP contribution in [0.25, 0.3) is 11.1 Å². The number of hydrogen-bond donors (Lipinski definition) is 4. The molecule has 1 saturated heterocycles. The standard InChI is InChI=1S/C52H57N3O7S/c1-35-21-27-46(28-22-35)63(59,60)54-47(30-38-13-7-5-8-14-38)51(58)53-32-40-15-11-18-43(29-40)44-19-12-20-45(31-44)52-61-48(33-55(4)37(3)49(57)41-16-9-6-10-17-41)36(2)50(62-52)42-25-23-39(34-56)24-26-42/h5-29,31,36-37,47-50,52,54,56-57H,30,32-34H2,1-4H3,(H,53,58)/t36-,37-,47+,48+,49-,50+,52+/m0/s1. The number of amides is 1. The number of likely N-dealkylation sites (N-methyl/N-ethyl adjacent to an activating group) is 1. The third kappa shape index (κ3) is 11.6. The van der Waals surface area contributed by atoms with E-state index in [1.807, 2.05) is 148 Å². The second-order valence-corrected chi connectivity index (χ2v) is 18.3. The van der Waals surface area contributed by atoms with Gasteiger partial charge in [-0.3, -0.25) is 9.69 Å². The van der Waals surface area contributed by atoms with Crippen molar-refractivity contribution in [1.29, 1.82) is 0 Å². The van der Waals surface area contributed by atoms with Gasteiger partial charge in [0.05, 0.1) is 29.8 Å². The Kier molecular flexibility index (Phi) is 15.0.